The molecule has 0 N–H and O–H groups in total. The second-order valence-corrected chi connectivity index (χ2v) is 4.71. The van der Waals surface area contributed by atoms with Crippen molar-refractivity contribution in [3.63, 3.8) is 0 Å². The van der Waals surface area contributed by atoms with Gasteiger partial charge < -0.3 is 4.90 Å². The normalized spacial score (nSPS) is 18.1. The number of alkyl halides is 1. The molecule has 0 saturated heterocycles. The van der Waals surface area contributed by atoms with Crippen LogP contribution in [-0.4, -0.2) is 28.7 Å². The molecule has 0 aromatic heterocycles. The third-order valence-corrected chi connectivity index (χ3v) is 3.32. The Labute approximate surface area is 95.2 Å². The molecule has 0 unspecified atom stereocenters. The number of carbonyl (C=O) groups excluding carboxylic acids is 1. The maximum Gasteiger partial charge on any atom is 0.222 e. The van der Waals surface area contributed by atoms with Gasteiger partial charge in [-0.25, -0.2) is 0 Å². The average molecular weight is 262 g/mol. The molecule has 1 aliphatic carbocycles. The van der Waals surface area contributed by atoms with Crippen LogP contribution >= 0.6 is 15.9 Å². The minimum absolute atomic E-state index is 0.316. The van der Waals surface area contributed by atoms with Crippen molar-refractivity contribution in [1.29, 1.82) is 0 Å². The molecule has 0 bridgehead atoms. The van der Waals surface area contributed by atoms with E-state index in [0.717, 1.165) is 11.9 Å². The minimum Gasteiger partial charge on any atom is -0.339 e. The van der Waals surface area contributed by atoms with Gasteiger partial charge in [-0.15, -0.1) is 0 Å². The lowest BCUT2D eigenvalue weighted by atomic mass is 9.94. The first-order valence-corrected chi connectivity index (χ1v) is 6.77. The van der Waals surface area contributed by atoms with Crippen LogP contribution in [0.3, 0.4) is 0 Å². The first kappa shape index (κ1) is 12.0. The van der Waals surface area contributed by atoms with E-state index >= 15 is 0 Å². The molecular weight excluding hydrogens is 242 g/mol. The molecule has 1 saturated carbocycles. The fraction of sp³-hybridized carbons (Fsp3) is 0.909. The lowest BCUT2D eigenvalue weighted by molar-refractivity contribution is -0.133. The van der Waals surface area contributed by atoms with Crippen LogP contribution in [0.25, 0.3) is 0 Å². The Morgan fingerprint density at radius 1 is 1.36 bits per heavy atom. The quantitative estimate of drug-likeness (QED) is 0.713. The third-order valence-electron chi connectivity index (χ3n) is 2.96. The van der Waals surface area contributed by atoms with Gasteiger partial charge in [-0.05, 0) is 12.8 Å². The molecule has 0 heterocycles. The van der Waals surface area contributed by atoms with E-state index in [0.29, 0.717) is 18.4 Å². The van der Waals surface area contributed by atoms with Gasteiger partial charge in [-0.1, -0.05) is 42.1 Å². The van der Waals surface area contributed by atoms with Crippen molar-refractivity contribution in [2.75, 3.05) is 11.9 Å². The van der Waals surface area contributed by atoms with Gasteiger partial charge in [0, 0.05) is 24.3 Å². The van der Waals surface area contributed by atoms with Crippen molar-refractivity contribution < 1.29 is 4.79 Å². The number of rotatable bonds is 4. The molecule has 1 rings (SSSR count). The number of hydrogen-bond acceptors (Lipinski definition) is 1. The lowest BCUT2D eigenvalue weighted by Gasteiger charge is -2.34. The Morgan fingerprint density at radius 2 is 2.00 bits per heavy atom. The number of nitrogens with zero attached hydrogens (tertiary/aromatic N) is 1. The molecular formula is C11H20BrNO. The lowest BCUT2D eigenvalue weighted by Crippen LogP contribution is -2.42. The zero-order valence-electron chi connectivity index (χ0n) is 8.97. The molecule has 3 heteroatoms. The van der Waals surface area contributed by atoms with E-state index in [1.54, 1.807) is 0 Å². The summed E-state index contributed by atoms with van der Waals surface area (Å²) in [6.07, 6.45) is 6.99. The van der Waals surface area contributed by atoms with E-state index in [1.165, 1.54) is 32.1 Å². The zero-order valence-corrected chi connectivity index (χ0v) is 10.6. The SMILES string of the molecule is CCC(=O)N(CCBr)C1CCCCC1. The second kappa shape index (κ2) is 6.44. The van der Waals surface area contributed by atoms with Gasteiger partial charge in [-0.2, -0.15) is 0 Å². The molecule has 0 spiro atoms. The Bertz CT molecular complexity index is 178. The Kier molecular flexibility index (Phi) is 5.53. The van der Waals surface area contributed by atoms with E-state index in [4.69, 9.17) is 0 Å². The smallest absolute Gasteiger partial charge is 0.222 e. The Balaban J connectivity index is 2.50. The van der Waals surface area contributed by atoms with Crippen molar-refractivity contribution in [1.82, 2.24) is 4.90 Å². The summed E-state index contributed by atoms with van der Waals surface area (Å²) in [5.41, 5.74) is 0. The predicted octanol–water partition coefficient (Wildman–Crippen LogP) is 2.95. The van der Waals surface area contributed by atoms with Gasteiger partial charge in [0.2, 0.25) is 5.91 Å². The van der Waals surface area contributed by atoms with Gasteiger partial charge in [0.15, 0.2) is 0 Å². The first-order valence-electron chi connectivity index (χ1n) is 5.65. The highest BCUT2D eigenvalue weighted by atomic mass is 79.9. The molecule has 0 radical (unpaired) electrons. The van der Waals surface area contributed by atoms with E-state index in [9.17, 15) is 4.79 Å². The largest absolute Gasteiger partial charge is 0.339 e. The second-order valence-electron chi connectivity index (χ2n) is 3.92. The van der Waals surface area contributed by atoms with Crippen molar-refractivity contribution in [3.8, 4) is 0 Å². The van der Waals surface area contributed by atoms with Gasteiger partial charge >= 0.3 is 0 Å². The molecule has 2 nitrogen and oxygen atoms in total. The summed E-state index contributed by atoms with van der Waals surface area (Å²) in [4.78, 5) is 13.8. The topological polar surface area (TPSA) is 20.3 Å². The molecule has 0 aromatic carbocycles. The van der Waals surface area contributed by atoms with Gasteiger partial charge in [0.1, 0.15) is 0 Å². The number of carbonyl (C=O) groups is 1. The van der Waals surface area contributed by atoms with E-state index in [2.05, 4.69) is 20.8 Å². The predicted molar refractivity (Wildman–Crippen MR) is 62.7 cm³/mol. The molecule has 82 valence electrons. The van der Waals surface area contributed by atoms with Crippen LogP contribution in [0, 0.1) is 0 Å². The summed E-state index contributed by atoms with van der Waals surface area (Å²) in [5, 5.41) is 0.898. The van der Waals surface area contributed by atoms with Crippen LogP contribution in [0.1, 0.15) is 45.4 Å². The van der Waals surface area contributed by atoms with Gasteiger partial charge in [0.05, 0.1) is 0 Å². The summed E-state index contributed by atoms with van der Waals surface area (Å²) < 4.78 is 0. The van der Waals surface area contributed by atoms with Crippen molar-refractivity contribution >= 4 is 21.8 Å². The van der Waals surface area contributed by atoms with Crippen LogP contribution < -0.4 is 0 Å². The van der Waals surface area contributed by atoms with Gasteiger partial charge in [-0.3, -0.25) is 4.79 Å². The summed E-state index contributed by atoms with van der Waals surface area (Å²) in [7, 11) is 0. The highest BCUT2D eigenvalue weighted by Crippen LogP contribution is 2.23. The van der Waals surface area contributed by atoms with Crippen LogP contribution in [0.5, 0.6) is 0 Å². The third kappa shape index (κ3) is 3.26. The zero-order chi connectivity index (χ0) is 10.4. The standard InChI is InChI=1S/C11H20BrNO/c1-2-11(14)13(9-8-12)10-6-4-3-5-7-10/h10H,2-9H2,1H3. The highest BCUT2D eigenvalue weighted by molar-refractivity contribution is 9.09. The maximum absolute atomic E-state index is 11.7. The van der Waals surface area contributed by atoms with Crippen LogP contribution in [0.2, 0.25) is 0 Å². The van der Waals surface area contributed by atoms with Crippen LogP contribution in [-0.2, 0) is 4.79 Å². The molecule has 0 atom stereocenters. The summed E-state index contributed by atoms with van der Waals surface area (Å²) in [5.74, 6) is 0.316. The molecule has 14 heavy (non-hydrogen) atoms. The van der Waals surface area contributed by atoms with Gasteiger partial charge in [0.25, 0.3) is 0 Å². The average Bonchev–Trinajstić information content (AvgIpc) is 2.26. The molecule has 0 aromatic rings. The Morgan fingerprint density at radius 3 is 2.50 bits per heavy atom. The highest BCUT2D eigenvalue weighted by Gasteiger charge is 2.23. The number of hydrogen-bond donors (Lipinski definition) is 0. The van der Waals surface area contributed by atoms with Crippen LogP contribution in [0.15, 0.2) is 0 Å². The van der Waals surface area contributed by atoms with E-state index < -0.39 is 0 Å². The molecule has 1 fully saturated rings. The van der Waals surface area contributed by atoms with E-state index in [-0.39, 0.29) is 0 Å². The molecule has 1 aliphatic rings. The monoisotopic (exact) mass is 261 g/mol. The minimum atomic E-state index is 0.316. The Hall–Kier alpha value is -0.0500. The molecule has 1 amide bonds. The first-order chi connectivity index (χ1) is 6.79. The van der Waals surface area contributed by atoms with Crippen molar-refractivity contribution in [2.24, 2.45) is 0 Å². The van der Waals surface area contributed by atoms with Crippen molar-refractivity contribution in [2.45, 2.75) is 51.5 Å². The summed E-state index contributed by atoms with van der Waals surface area (Å²) in [6, 6.07) is 0.522. The van der Waals surface area contributed by atoms with E-state index in [1.807, 2.05) is 6.92 Å². The maximum atomic E-state index is 11.7. The molecule has 0 aliphatic heterocycles. The summed E-state index contributed by atoms with van der Waals surface area (Å²) >= 11 is 3.42. The number of amides is 1. The fourth-order valence-electron chi connectivity index (χ4n) is 2.20. The van der Waals surface area contributed by atoms with Crippen molar-refractivity contribution in [3.05, 3.63) is 0 Å². The fourth-order valence-corrected chi connectivity index (χ4v) is 2.58. The number of halogens is 1. The summed E-state index contributed by atoms with van der Waals surface area (Å²) in [6.45, 7) is 2.82. The van der Waals surface area contributed by atoms with Crippen LogP contribution in [0.4, 0.5) is 0 Å².